The third-order valence-corrected chi connectivity index (χ3v) is 2.86. The van der Waals surface area contributed by atoms with Crippen molar-refractivity contribution in [3.8, 4) is 0 Å². The number of hydrogen-bond donors (Lipinski definition) is 1. The van der Waals surface area contributed by atoms with Crippen LogP contribution in [0.1, 0.15) is 24.9 Å². The van der Waals surface area contributed by atoms with Gasteiger partial charge in [0.25, 0.3) is 0 Å². The first-order chi connectivity index (χ1) is 9.78. The van der Waals surface area contributed by atoms with Gasteiger partial charge in [-0.05, 0) is 30.7 Å². The molecule has 20 heavy (non-hydrogen) atoms. The predicted octanol–water partition coefficient (Wildman–Crippen LogP) is 2.40. The lowest BCUT2D eigenvalue weighted by atomic mass is 10.3. The van der Waals surface area contributed by atoms with Gasteiger partial charge < -0.3 is 14.2 Å². The Morgan fingerprint density at radius 3 is 2.20 bits per heavy atom. The lowest BCUT2D eigenvalue weighted by Crippen LogP contribution is -2.36. The number of rotatable bonds is 8. The van der Waals surface area contributed by atoms with E-state index in [-0.39, 0.29) is 5.91 Å². The Balaban J connectivity index is 1.94. The molecule has 2 aromatic heterocycles. The van der Waals surface area contributed by atoms with Crippen LogP contribution in [0.25, 0.3) is 0 Å². The molecule has 0 aliphatic rings. The Morgan fingerprint density at radius 2 is 1.75 bits per heavy atom. The molecule has 0 aliphatic carbocycles. The van der Waals surface area contributed by atoms with Gasteiger partial charge in [0.15, 0.2) is 0 Å². The largest absolute Gasteiger partial charge is 0.468 e. The summed E-state index contributed by atoms with van der Waals surface area (Å²) in [4.78, 5) is 13.8. The Kier molecular flexibility index (Phi) is 5.43. The lowest BCUT2D eigenvalue weighted by Gasteiger charge is -2.19. The van der Waals surface area contributed by atoms with E-state index in [1.807, 2.05) is 36.1 Å². The molecule has 0 bridgehead atoms. The van der Waals surface area contributed by atoms with Gasteiger partial charge in [-0.25, -0.2) is 0 Å². The van der Waals surface area contributed by atoms with Gasteiger partial charge in [-0.1, -0.05) is 6.92 Å². The van der Waals surface area contributed by atoms with Crippen molar-refractivity contribution in [1.29, 1.82) is 0 Å². The maximum atomic E-state index is 11.9. The first kappa shape index (κ1) is 14.4. The van der Waals surface area contributed by atoms with E-state index < -0.39 is 0 Å². The van der Waals surface area contributed by atoms with Crippen molar-refractivity contribution in [2.45, 2.75) is 26.4 Å². The zero-order valence-corrected chi connectivity index (χ0v) is 11.7. The Labute approximate surface area is 118 Å². The summed E-state index contributed by atoms with van der Waals surface area (Å²) in [5.74, 6) is 1.68. The van der Waals surface area contributed by atoms with Crippen molar-refractivity contribution in [1.82, 2.24) is 10.2 Å². The molecule has 0 saturated carbocycles. The average Bonchev–Trinajstić information content (AvgIpc) is 3.09. The van der Waals surface area contributed by atoms with E-state index in [0.717, 1.165) is 17.9 Å². The van der Waals surface area contributed by atoms with E-state index in [1.54, 1.807) is 12.5 Å². The summed E-state index contributed by atoms with van der Waals surface area (Å²) in [5, 5.41) is 2.88. The molecule has 0 spiro atoms. The fraction of sp³-hybridized carbons (Fsp3) is 0.400. The zero-order chi connectivity index (χ0) is 14.2. The molecular weight excluding hydrogens is 256 g/mol. The molecule has 0 fully saturated rings. The van der Waals surface area contributed by atoms with Crippen LogP contribution in [0.2, 0.25) is 0 Å². The highest BCUT2D eigenvalue weighted by Gasteiger charge is 2.14. The van der Waals surface area contributed by atoms with E-state index in [2.05, 4.69) is 5.32 Å². The number of nitrogens with one attached hydrogen (secondary N) is 1. The quantitative estimate of drug-likeness (QED) is 0.804. The van der Waals surface area contributed by atoms with Gasteiger partial charge in [-0.15, -0.1) is 0 Å². The smallest absolute Gasteiger partial charge is 0.234 e. The SMILES string of the molecule is CCCNC(=O)CN(Cc1ccco1)Cc1ccco1. The Hall–Kier alpha value is -2.01. The minimum atomic E-state index is 0.0185. The summed E-state index contributed by atoms with van der Waals surface area (Å²) in [6.07, 6.45) is 4.21. The van der Waals surface area contributed by atoms with Crippen molar-refractivity contribution < 1.29 is 13.6 Å². The molecule has 0 saturated heterocycles. The molecule has 1 amide bonds. The molecule has 2 heterocycles. The maximum absolute atomic E-state index is 11.9. The van der Waals surface area contributed by atoms with Crippen LogP contribution >= 0.6 is 0 Å². The summed E-state index contributed by atoms with van der Waals surface area (Å²) in [5.41, 5.74) is 0. The summed E-state index contributed by atoms with van der Waals surface area (Å²) < 4.78 is 10.7. The predicted molar refractivity (Wildman–Crippen MR) is 74.8 cm³/mol. The average molecular weight is 276 g/mol. The molecule has 0 aliphatic heterocycles. The number of carbonyl (C=O) groups excluding carboxylic acids is 1. The van der Waals surface area contributed by atoms with E-state index >= 15 is 0 Å². The number of nitrogens with zero attached hydrogens (tertiary/aromatic N) is 1. The molecule has 0 aromatic carbocycles. The van der Waals surface area contributed by atoms with E-state index in [0.29, 0.717) is 26.2 Å². The van der Waals surface area contributed by atoms with Crippen LogP contribution in [0.3, 0.4) is 0 Å². The highest BCUT2D eigenvalue weighted by Crippen LogP contribution is 2.10. The topological polar surface area (TPSA) is 58.6 Å². The molecule has 1 N–H and O–H groups in total. The van der Waals surface area contributed by atoms with Crippen molar-refractivity contribution in [3.63, 3.8) is 0 Å². The third-order valence-electron chi connectivity index (χ3n) is 2.86. The fourth-order valence-electron chi connectivity index (χ4n) is 1.94. The van der Waals surface area contributed by atoms with Crippen LogP contribution < -0.4 is 5.32 Å². The second-order valence-corrected chi connectivity index (χ2v) is 4.65. The van der Waals surface area contributed by atoms with Crippen LogP contribution in [0.15, 0.2) is 45.6 Å². The summed E-state index contributed by atoms with van der Waals surface area (Å²) in [6.45, 7) is 4.21. The Morgan fingerprint density at radius 1 is 1.15 bits per heavy atom. The van der Waals surface area contributed by atoms with E-state index in [1.165, 1.54) is 0 Å². The molecule has 0 unspecified atom stereocenters. The minimum Gasteiger partial charge on any atom is -0.468 e. The standard InChI is InChI=1S/C15H20N2O3/c1-2-7-16-15(18)12-17(10-13-5-3-8-19-13)11-14-6-4-9-20-14/h3-6,8-9H,2,7,10-12H2,1H3,(H,16,18). The molecule has 5 heteroatoms. The molecular formula is C15H20N2O3. The molecule has 2 rings (SSSR count). The van der Waals surface area contributed by atoms with Gasteiger partial charge in [0.1, 0.15) is 11.5 Å². The van der Waals surface area contributed by atoms with Crippen LogP contribution in [-0.2, 0) is 17.9 Å². The second kappa shape index (κ2) is 7.55. The molecule has 2 aromatic rings. The van der Waals surface area contributed by atoms with Crippen molar-refractivity contribution >= 4 is 5.91 Å². The summed E-state index contributed by atoms with van der Waals surface area (Å²) in [6, 6.07) is 7.49. The van der Waals surface area contributed by atoms with Crippen molar-refractivity contribution in [2.75, 3.05) is 13.1 Å². The van der Waals surface area contributed by atoms with Gasteiger partial charge in [-0.3, -0.25) is 9.69 Å². The molecule has 108 valence electrons. The van der Waals surface area contributed by atoms with Crippen LogP contribution in [0.4, 0.5) is 0 Å². The van der Waals surface area contributed by atoms with Crippen molar-refractivity contribution in [2.24, 2.45) is 0 Å². The van der Waals surface area contributed by atoms with E-state index in [9.17, 15) is 4.79 Å². The molecule has 0 atom stereocenters. The number of carbonyl (C=O) groups is 1. The van der Waals surface area contributed by atoms with E-state index in [4.69, 9.17) is 8.83 Å². The first-order valence-corrected chi connectivity index (χ1v) is 6.81. The third kappa shape index (κ3) is 4.59. The van der Waals surface area contributed by atoms with Crippen LogP contribution in [0.5, 0.6) is 0 Å². The van der Waals surface area contributed by atoms with Crippen LogP contribution in [0, 0.1) is 0 Å². The second-order valence-electron chi connectivity index (χ2n) is 4.65. The lowest BCUT2D eigenvalue weighted by molar-refractivity contribution is -0.122. The van der Waals surface area contributed by atoms with Gasteiger partial charge in [0.05, 0.1) is 32.2 Å². The van der Waals surface area contributed by atoms with Gasteiger partial charge in [0, 0.05) is 6.54 Å². The molecule has 0 radical (unpaired) electrons. The van der Waals surface area contributed by atoms with Crippen molar-refractivity contribution in [3.05, 3.63) is 48.3 Å². The zero-order valence-electron chi connectivity index (χ0n) is 11.7. The highest BCUT2D eigenvalue weighted by molar-refractivity contribution is 5.77. The summed E-state index contributed by atoms with van der Waals surface area (Å²) >= 11 is 0. The van der Waals surface area contributed by atoms with Gasteiger partial charge >= 0.3 is 0 Å². The summed E-state index contributed by atoms with van der Waals surface area (Å²) in [7, 11) is 0. The monoisotopic (exact) mass is 276 g/mol. The van der Waals surface area contributed by atoms with Gasteiger partial charge in [0.2, 0.25) is 5.91 Å². The maximum Gasteiger partial charge on any atom is 0.234 e. The first-order valence-electron chi connectivity index (χ1n) is 6.81. The fourth-order valence-corrected chi connectivity index (χ4v) is 1.94. The number of hydrogen-bond acceptors (Lipinski definition) is 4. The highest BCUT2D eigenvalue weighted by atomic mass is 16.3. The molecule has 5 nitrogen and oxygen atoms in total. The minimum absolute atomic E-state index is 0.0185. The van der Waals surface area contributed by atoms with Crippen LogP contribution in [-0.4, -0.2) is 23.9 Å². The van der Waals surface area contributed by atoms with Gasteiger partial charge in [-0.2, -0.15) is 0 Å². The Bertz CT molecular complexity index is 455. The number of furan rings is 2. The normalized spacial score (nSPS) is 10.9. The number of amides is 1.